The molecule has 16 heavy (non-hydrogen) atoms. The van der Waals surface area contributed by atoms with Gasteiger partial charge < -0.3 is 10.6 Å². The molecule has 0 saturated heterocycles. The van der Waals surface area contributed by atoms with E-state index in [2.05, 4.69) is 10.6 Å². The van der Waals surface area contributed by atoms with Crippen LogP contribution in [0.25, 0.3) is 0 Å². The number of nitriles is 1. The molecular formula is C11H11N3O2. The summed E-state index contributed by atoms with van der Waals surface area (Å²) in [5.41, 5.74) is 1.27. The van der Waals surface area contributed by atoms with Crippen LogP contribution >= 0.6 is 0 Å². The molecule has 0 fully saturated rings. The lowest BCUT2D eigenvalue weighted by Gasteiger charge is -2.07. The number of carbonyl (C=O) groups is 2. The molecule has 5 heteroatoms. The van der Waals surface area contributed by atoms with Gasteiger partial charge in [0.05, 0.1) is 11.3 Å². The molecule has 2 N–H and O–H groups in total. The molecule has 1 rings (SSSR count). The zero-order valence-corrected chi connectivity index (χ0v) is 9.00. The van der Waals surface area contributed by atoms with Gasteiger partial charge in [-0.25, -0.2) is 0 Å². The molecule has 82 valence electrons. The highest BCUT2D eigenvalue weighted by molar-refractivity contribution is 5.92. The van der Waals surface area contributed by atoms with Crippen LogP contribution in [0.4, 0.5) is 11.4 Å². The van der Waals surface area contributed by atoms with Crippen molar-refractivity contribution in [2.75, 3.05) is 10.6 Å². The predicted octanol–water partition coefficient (Wildman–Crippen LogP) is 1.48. The van der Waals surface area contributed by atoms with Gasteiger partial charge in [0.15, 0.2) is 0 Å². The maximum absolute atomic E-state index is 10.9. The van der Waals surface area contributed by atoms with Crippen LogP contribution in [0.3, 0.4) is 0 Å². The number of anilines is 2. The van der Waals surface area contributed by atoms with Gasteiger partial charge in [0, 0.05) is 19.5 Å². The molecule has 0 saturated carbocycles. The number of hydrogen-bond donors (Lipinski definition) is 2. The van der Waals surface area contributed by atoms with Crippen LogP contribution in [0.1, 0.15) is 19.4 Å². The van der Waals surface area contributed by atoms with Gasteiger partial charge in [-0.2, -0.15) is 5.26 Å². The Morgan fingerprint density at radius 2 is 1.81 bits per heavy atom. The van der Waals surface area contributed by atoms with E-state index in [0.29, 0.717) is 16.9 Å². The van der Waals surface area contributed by atoms with Gasteiger partial charge >= 0.3 is 0 Å². The van der Waals surface area contributed by atoms with Crippen molar-refractivity contribution < 1.29 is 9.59 Å². The Morgan fingerprint density at radius 3 is 2.31 bits per heavy atom. The van der Waals surface area contributed by atoms with Crippen LogP contribution in [0.2, 0.25) is 0 Å². The van der Waals surface area contributed by atoms with Crippen LogP contribution in [0, 0.1) is 11.3 Å². The Balaban J connectivity index is 3.02. The van der Waals surface area contributed by atoms with Crippen molar-refractivity contribution in [2.24, 2.45) is 0 Å². The lowest BCUT2D eigenvalue weighted by molar-refractivity contribution is -0.115. The lowest BCUT2D eigenvalue weighted by Crippen LogP contribution is -2.09. The van der Waals surface area contributed by atoms with E-state index in [9.17, 15) is 9.59 Å². The molecule has 0 heterocycles. The average Bonchev–Trinajstić information content (AvgIpc) is 2.18. The van der Waals surface area contributed by atoms with E-state index in [4.69, 9.17) is 5.26 Å². The van der Waals surface area contributed by atoms with Crippen molar-refractivity contribution in [3.63, 3.8) is 0 Å². The second-order valence-corrected chi connectivity index (χ2v) is 3.23. The Kier molecular flexibility index (Phi) is 3.62. The molecule has 0 unspecified atom stereocenters. The standard InChI is InChI=1S/C11H11N3O2/c1-7(15)13-10-3-4-11(14-8(2)16)9(5-10)6-12/h3-5H,1-2H3,(H,13,15)(H,14,16). The molecule has 0 bridgehead atoms. The van der Waals surface area contributed by atoms with E-state index >= 15 is 0 Å². The van der Waals surface area contributed by atoms with Crippen molar-refractivity contribution in [2.45, 2.75) is 13.8 Å². The van der Waals surface area contributed by atoms with Gasteiger partial charge in [-0.05, 0) is 18.2 Å². The highest BCUT2D eigenvalue weighted by atomic mass is 16.2. The third-order valence-corrected chi connectivity index (χ3v) is 1.77. The predicted molar refractivity (Wildman–Crippen MR) is 59.8 cm³/mol. The highest BCUT2D eigenvalue weighted by Gasteiger charge is 2.05. The first-order chi connectivity index (χ1) is 7.52. The van der Waals surface area contributed by atoms with Crippen LogP contribution in [0.5, 0.6) is 0 Å². The van der Waals surface area contributed by atoms with Crippen molar-refractivity contribution in [1.29, 1.82) is 5.26 Å². The topological polar surface area (TPSA) is 82.0 Å². The summed E-state index contributed by atoms with van der Waals surface area (Å²) in [6.07, 6.45) is 0. The molecule has 1 aromatic rings. The molecule has 2 amide bonds. The normalized spacial score (nSPS) is 9.06. The highest BCUT2D eigenvalue weighted by Crippen LogP contribution is 2.19. The van der Waals surface area contributed by atoms with Gasteiger partial charge in [-0.1, -0.05) is 0 Å². The zero-order chi connectivity index (χ0) is 12.1. The van der Waals surface area contributed by atoms with Crippen LogP contribution < -0.4 is 10.6 Å². The number of amides is 2. The summed E-state index contributed by atoms with van der Waals surface area (Å²) >= 11 is 0. The van der Waals surface area contributed by atoms with E-state index in [0.717, 1.165) is 0 Å². The second kappa shape index (κ2) is 4.94. The number of benzene rings is 1. The molecule has 0 aliphatic rings. The fraction of sp³-hybridized carbons (Fsp3) is 0.182. The SMILES string of the molecule is CC(=O)Nc1ccc(NC(C)=O)c(C#N)c1. The van der Waals surface area contributed by atoms with Crippen molar-refractivity contribution in [3.05, 3.63) is 23.8 Å². The van der Waals surface area contributed by atoms with Crippen LogP contribution in [0.15, 0.2) is 18.2 Å². The van der Waals surface area contributed by atoms with E-state index in [1.807, 2.05) is 6.07 Å². The fourth-order valence-corrected chi connectivity index (χ4v) is 1.22. The summed E-state index contributed by atoms with van der Waals surface area (Å²) in [7, 11) is 0. The van der Waals surface area contributed by atoms with Gasteiger partial charge in [0.25, 0.3) is 0 Å². The Labute approximate surface area is 93.1 Å². The molecule has 0 spiro atoms. The maximum Gasteiger partial charge on any atom is 0.221 e. The molecule has 0 aliphatic heterocycles. The maximum atomic E-state index is 10.9. The van der Waals surface area contributed by atoms with Crippen molar-refractivity contribution in [1.82, 2.24) is 0 Å². The van der Waals surface area contributed by atoms with E-state index in [-0.39, 0.29) is 11.8 Å². The molecular weight excluding hydrogens is 206 g/mol. The summed E-state index contributed by atoms with van der Waals surface area (Å²) in [4.78, 5) is 21.7. The van der Waals surface area contributed by atoms with Crippen molar-refractivity contribution in [3.8, 4) is 6.07 Å². The van der Waals surface area contributed by atoms with E-state index in [1.165, 1.54) is 19.9 Å². The number of hydrogen-bond acceptors (Lipinski definition) is 3. The largest absolute Gasteiger partial charge is 0.326 e. The van der Waals surface area contributed by atoms with Gasteiger partial charge in [-0.15, -0.1) is 0 Å². The first kappa shape index (κ1) is 11.7. The van der Waals surface area contributed by atoms with E-state index < -0.39 is 0 Å². The number of nitrogens with one attached hydrogen (secondary N) is 2. The first-order valence-electron chi connectivity index (χ1n) is 4.62. The summed E-state index contributed by atoms with van der Waals surface area (Å²) < 4.78 is 0. The zero-order valence-electron chi connectivity index (χ0n) is 9.00. The fourth-order valence-electron chi connectivity index (χ4n) is 1.22. The second-order valence-electron chi connectivity index (χ2n) is 3.23. The minimum absolute atomic E-state index is 0.212. The molecule has 0 atom stereocenters. The number of rotatable bonds is 2. The minimum atomic E-state index is -0.247. The monoisotopic (exact) mass is 217 g/mol. The Hall–Kier alpha value is -2.35. The molecule has 5 nitrogen and oxygen atoms in total. The first-order valence-corrected chi connectivity index (χ1v) is 4.62. The minimum Gasteiger partial charge on any atom is -0.326 e. The third-order valence-electron chi connectivity index (χ3n) is 1.77. The summed E-state index contributed by atoms with van der Waals surface area (Å²) in [6, 6.07) is 6.65. The van der Waals surface area contributed by atoms with Crippen LogP contribution in [-0.4, -0.2) is 11.8 Å². The average molecular weight is 217 g/mol. The summed E-state index contributed by atoms with van der Waals surface area (Å²) in [6.45, 7) is 2.75. The van der Waals surface area contributed by atoms with Gasteiger partial charge in [0.2, 0.25) is 11.8 Å². The Morgan fingerprint density at radius 1 is 1.19 bits per heavy atom. The van der Waals surface area contributed by atoms with Gasteiger partial charge in [0.1, 0.15) is 6.07 Å². The smallest absolute Gasteiger partial charge is 0.221 e. The third kappa shape index (κ3) is 3.10. The molecule has 0 aromatic heterocycles. The Bertz CT molecular complexity index is 475. The summed E-state index contributed by atoms with van der Waals surface area (Å²) in [5.74, 6) is -0.458. The van der Waals surface area contributed by atoms with Crippen molar-refractivity contribution >= 4 is 23.2 Å². The number of carbonyl (C=O) groups excluding carboxylic acids is 2. The molecule has 0 aliphatic carbocycles. The van der Waals surface area contributed by atoms with E-state index in [1.54, 1.807) is 12.1 Å². The van der Waals surface area contributed by atoms with Crippen LogP contribution in [-0.2, 0) is 9.59 Å². The number of nitrogens with zero attached hydrogens (tertiary/aromatic N) is 1. The quantitative estimate of drug-likeness (QED) is 0.787. The summed E-state index contributed by atoms with van der Waals surface area (Å²) in [5, 5.41) is 14.0. The lowest BCUT2D eigenvalue weighted by atomic mass is 10.1. The van der Waals surface area contributed by atoms with Gasteiger partial charge in [-0.3, -0.25) is 9.59 Å². The molecule has 0 radical (unpaired) electrons. The molecule has 1 aromatic carbocycles.